The van der Waals surface area contributed by atoms with Gasteiger partial charge in [-0.25, -0.2) is 0 Å². The Morgan fingerprint density at radius 1 is 1.33 bits per heavy atom. The molecular formula is C14H11BrN2O. The summed E-state index contributed by atoms with van der Waals surface area (Å²) in [4.78, 5) is 4.05. The largest absolute Gasteiger partial charge is 0.388 e. The summed E-state index contributed by atoms with van der Waals surface area (Å²) in [5.41, 5.74) is 2.24. The van der Waals surface area contributed by atoms with Crippen LogP contribution in [-0.2, 0) is 6.42 Å². The highest BCUT2D eigenvalue weighted by molar-refractivity contribution is 9.10. The summed E-state index contributed by atoms with van der Waals surface area (Å²) in [5, 5.41) is 19.0. The highest BCUT2D eigenvalue weighted by Crippen LogP contribution is 2.20. The average molecular weight is 303 g/mol. The van der Waals surface area contributed by atoms with E-state index in [4.69, 9.17) is 5.26 Å². The van der Waals surface area contributed by atoms with Crippen LogP contribution in [0, 0.1) is 11.3 Å². The number of hydrogen-bond acceptors (Lipinski definition) is 3. The van der Waals surface area contributed by atoms with E-state index >= 15 is 0 Å². The number of aliphatic hydroxyl groups excluding tert-OH is 1. The Labute approximate surface area is 114 Å². The predicted octanol–water partition coefficient (Wildman–Crippen LogP) is 2.99. The average Bonchev–Trinajstić information content (AvgIpc) is 2.39. The Morgan fingerprint density at radius 3 is 2.89 bits per heavy atom. The topological polar surface area (TPSA) is 56.9 Å². The van der Waals surface area contributed by atoms with Crippen molar-refractivity contribution < 1.29 is 5.11 Å². The minimum absolute atomic E-state index is 0.474. The molecule has 3 nitrogen and oxygen atoms in total. The number of hydrogen-bond donors (Lipinski definition) is 1. The molecule has 1 heterocycles. The molecule has 2 aromatic rings. The molecule has 0 radical (unpaired) electrons. The van der Waals surface area contributed by atoms with Crippen molar-refractivity contribution in [3.63, 3.8) is 0 Å². The van der Waals surface area contributed by atoms with E-state index < -0.39 is 6.10 Å². The van der Waals surface area contributed by atoms with Crippen LogP contribution in [0.15, 0.2) is 47.2 Å². The van der Waals surface area contributed by atoms with Gasteiger partial charge in [-0.05, 0) is 45.3 Å². The number of nitriles is 1. The van der Waals surface area contributed by atoms with Crippen molar-refractivity contribution in [2.24, 2.45) is 0 Å². The van der Waals surface area contributed by atoms with Gasteiger partial charge in [-0.1, -0.05) is 12.1 Å². The Bertz CT molecular complexity index is 592. The first-order valence-electron chi connectivity index (χ1n) is 5.46. The fourth-order valence-corrected chi connectivity index (χ4v) is 2.14. The fourth-order valence-electron chi connectivity index (χ4n) is 1.72. The molecule has 0 amide bonds. The Balaban J connectivity index is 2.17. The summed E-state index contributed by atoms with van der Waals surface area (Å²) >= 11 is 3.34. The first kappa shape index (κ1) is 12.7. The van der Waals surface area contributed by atoms with E-state index in [9.17, 15) is 5.11 Å². The van der Waals surface area contributed by atoms with E-state index in [0.717, 1.165) is 15.6 Å². The lowest BCUT2D eigenvalue weighted by Gasteiger charge is -2.11. The van der Waals surface area contributed by atoms with Gasteiger partial charge >= 0.3 is 0 Å². The van der Waals surface area contributed by atoms with Gasteiger partial charge in [0.25, 0.3) is 0 Å². The Kier molecular flexibility index (Phi) is 4.08. The smallest absolute Gasteiger partial charge is 0.0991 e. The number of rotatable bonds is 3. The maximum atomic E-state index is 10.1. The summed E-state index contributed by atoms with van der Waals surface area (Å²) in [5.74, 6) is 0. The lowest BCUT2D eigenvalue weighted by atomic mass is 10.0. The summed E-state index contributed by atoms with van der Waals surface area (Å²) in [7, 11) is 0. The minimum atomic E-state index is -0.630. The molecule has 1 atom stereocenters. The predicted molar refractivity (Wildman–Crippen MR) is 71.8 cm³/mol. The van der Waals surface area contributed by atoms with Gasteiger partial charge in [-0.3, -0.25) is 4.98 Å². The zero-order valence-electron chi connectivity index (χ0n) is 9.55. The zero-order chi connectivity index (χ0) is 13.0. The van der Waals surface area contributed by atoms with Crippen molar-refractivity contribution in [3.05, 3.63) is 63.9 Å². The molecule has 1 aromatic carbocycles. The molecule has 1 unspecified atom stereocenters. The SMILES string of the molecule is N#Cc1cccc(C(O)Cc2cncc(Br)c2)c1. The molecule has 0 fully saturated rings. The zero-order valence-corrected chi connectivity index (χ0v) is 11.1. The van der Waals surface area contributed by atoms with Gasteiger partial charge in [0, 0.05) is 23.3 Å². The Hall–Kier alpha value is -1.70. The third-order valence-electron chi connectivity index (χ3n) is 2.59. The van der Waals surface area contributed by atoms with Gasteiger partial charge in [0.2, 0.25) is 0 Å². The summed E-state index contributed by atoms with van der Waals surface area (Å²) < 4.78 is 0.887. The molecule has 4 heteroatoms. The first-order chi connectivity index (χ1) is 8.69. The number of aliphatic hydroxyl groups is 1. The lowest BCUT2D eigenvalue weighted by molar-refractivity contribution is 0.178. The van der Waals surface area contributed by atoms with Crippen molar-refractivity contribution in [2.45, 2.75) is 12.5 Å². The normalized spacial score (nSPS) is 11.8. The number of aromatic nitrogens is 1. The van der Waals surface area contributed by atoms with E-state index in [1.54, 1.807) is 30.6 Å². The second kappa shape index (κ2) is 5.76. The maximum Gasteiger partial charge on any atom is 0.0991 e. The highest BCUT2D eigenvalue weighted by atomic mass is 79.9. The Morgan fingerprint density at radius 2 is 2.17 bits per heavy atom. The molecule has 90 valence electrons. The molecule has 1 N–H and O–H groups in total. The molecule has 1 aromatic heterocycles. The van der Waals surface area contributed by atoms with Crippen LogP contribution in [0.4, 0.5) is 0 Å². The number of pyridine rings is 1. The van der Waals surface area contributed by atoms with Gasteiger partial charge in [0.05, 0.1) is 17.7 Å². The second-order valence-electron chi connectivity index (χ2n) is 3.97. The number of nitrogens with zero attached hydrogens (tertiary/aromatic N) is 2. The van der Waals surface area contributed by atoms with Crippen LogP contribution in [0.25, 0.3) is 0 Å². The highest BCUT2D eigenvalue weighted by Gasteiger charge is 2.09. The van der Waals surface area contributed by atoms with Gasteiger partial charge in [-0.15, -0.1) is 0 Å². The van der Waals surface area contributed by atoms with Crippen molar-refractivity contribution >= 4 is 15.9 Å². The van der Waals surface area contributed by atoms with Crippen LogP contribution in [0.5, 0.6) is 0 Å². The quantitative estimate of drug-likeness (QED) is 0.948. The van der Waals surface area contributed by atoms with Crippen LogP contribution in [-0.4, -0.2) is 10.1 Å². The van der Waals surface area contributed by atoms with E-state index in [1.807, 2.05) is 12.1 Å². The van der Waals surface area contributed by atoms with Gasteiger partial charge < -0.3 is 5.11 Å². The molecule has 0 saturated carbocycles. The molecule has 0 aliphatic rings. The van der Waals surface area contributed by atoms with E-state index in [1.165, 1.54) is 0 Å². The van der Waals surface area contributed by atoms with Crippen molar-refractivity contribution in [1.82, 2.24) is 4.98 Å². The third kappa shape index (κ3) is 3.16. The molecule has 0 spiro atoms. The van der Waals surface area contributed by atoms with Crippen molar-refractivity contribution in [3.8, 4) is 6.07 Å². The van der Waals surface area contributed by atoms with E-state index in [0.29, 0.717) is 12.0 Å². The van der Waals surface area contributed by atoms with Crippen molar-refractivity contribution in [1.29, 1.82) is 5.26 Å². The summed E-state index contributed by atoms with van der Waals surface area (Å²) in [6.45, 7) is 0. The van der Waals surface area contributed by atoms with Gasteiger partial charge in [-0.2, -0.15) is 5.26 Å². The molecule has 0 aliphatic heterocycles. The van der Waals surface area contributed by atoms with Crippen LogP contribution in [0.3, 0.4) is 0 Å². The first-order valence-corrected chi connectivity index (χ1v) is 6.26. The molecule has 2 rings (SSSR count). The molecule has 0 bridgehead atoms. The van der Waals surface area contributed by atoms with Crippen LogP contribution in [0.1, 0.15) is 22.8 Å². The van der Waals surface area contributed by atoms with Crippen LogP contribution >= 0.6 is 15.9 Å². The lowest BCUT2D eigenvalue weighted by Crippen LogP contribution is -2.02. The third-order valence-corrected chi connectivity index (χ3v) is 3.02. The molecule has 0 aliphatic carbocycles. The maximum absolute atomic E-state index is 10.1. The van der Waals surface area contributed by atoms with Gasteiger partial charge in [0.1, 0.15) is 0 Å². The number of benzene rings is 1. The van der Waals surface area contributed by atoms with Crippen LogP contribution < -0.4 is 0 Å². The standard InChI is InChI=1S/C14H11BrN2O/c15-13-5-11(8-17-9-13)6-14(18)12-3-1-2-10(4-12)7-16/h1-5,8-9,14,18H,6H2. The minimum Gasteiger partial charge on any atom is -0.388 e. The summed E-state index contributed by atoms with van der Waals surface area (Å²) in [6.07, 6.45) is 3.27. The number of halogens is 1. The van der Waals surface area contributed by atoms with Crippen molar-refractivity contribution in [2.75, 3.05) is 0 Å². The molecule has 18 heavy (non-hydrogen) atoms. The second-order valence-corrected chi connectivity index (χ2v) is 4.88. The van der Waals surface area contributed by atoms with Crippen LogP contribution in [0.2, 0.25) is 0 Å². The molecular weight excluding hydrogens is 292 g/mol. The van der Waals surface area contributed by atoms with Gasteiger partial charge in [0.15, 0.2) is 0 Å². The van der Waals surface area contributed by atoms with E-state index in [-0.39, 0.29) is 0 Å². The summed E-state index contributed by atoms with van der Waals surface area (Å²) in [6, 6.07) is 11.0. The van der Waals surface area contributed by atoms with E-state index in [2.05, 4.69) is 27.0 Å². The fraction of sp³-hybridized carbons (Fsp3) is 0.143. The monoisotopic (exact) mass is 302 g/mol. The molecule has 0 saturated heterocycles.